The van der Waals surface area contributed by atoms with Crippen molar-refractivity contribution >= 4 is 34.9 Å². The highest BCUT2D eigenvalue weighted by atomic mass is 32.2. The Bertz CT molecular complexity index is 1180. The van der Waals surface area contributed by atoms with E-state index >= 15 is 0 Å². The van der Waals surface area contributed by atoms with Crippen LogP contribution < -0.4 is 0 Å². The van der Waals surface area contributed by atoms with Crippen LogP contribution in [0.15, 0.2) is 117 Å². The van der Waals surface area contributed by atoms with E-state index in [-0.39, 0.29) is 11.4 Å². The second kappa shape index (κ2) is 9.67. The lowest BCUT2D eigenvalue weighted by Gasteiger charge is -2.14. The largest absolute Gasteiger partial charge is 0.283 e. The van der Waals surface area contributed by atoms with Crippen LogP contribution in [0.4, 0.5) is 11.4 Å². The predicted octanol–water partition coefficient (Wildman–Crippen LogP) is 7.47. The molecule has 8 heteroatoms. The molecule has 0 fully saturated rings. The Balaban J connectivity index is 1.93. The van der Waals surface area contributed by atoms with Crippen molar-refractivity contribution in [2.24, 2.45) is 0 Å². The third kappa shape index (κ3) is 4.66. The van der Waals surface area contributed by atoms with Gasteiger partial charge < -0.3 is 0 Å². The first-order chi connectivity index (χ1) is 15.5. The van der Waals surface area contributed by atoms with Gasteiger partial charge in [-0.2, -0.15) is 0 Å². The molecule has 0 aliphatic heterocycles. The van der Waals surface area contributed by atoms with Gasteiger partial charge in [0.2, 0.25) is 0 Å². The number of hydrogen-bond acceptors (Lipinski definition) is 6. The first-order valence-corrected chi connectivity index (χ1v) is 11.2. The second-order valence-corrected chi connectivity index (χ2v) is 8.82. The van der Waals surface area contributed by atoms with E-state index in [0.29, 0.717) is 20.9 Å². The SMILES string of the molecule is O=[N+]([O-])c1cccc(-c2cccc([N+](=O)[O-])c2Sc2ccccc2)c1Sc1ccccc1. The highest BCUT2D eigenvalue weighted by Crippen LogP contribution is 2.47. The fourth-order valence-corrected chi connectivity index (χ4v) is 5.32. The summed E-state index contributed by atoms with van der Waals surface area (Å²) >= 11 is 2.54. The predicted molar refractivity (Wildman–Crippen MR) is 126 cm³/mol. The quantitative estimate of drug-likeness (QED) is 0.210. The highest BCUT2D eigenvalue weighted by molar-refractivity contribution is 8.00. The molecule has 0 unspecified atom stereocenters. The van der Waals surface area contributed by atoms with E-state index < -0.39 is 9.85 Å². The van der Waals surface area contributed by atoms with Crippen molar-refractivity contribution in [2.75, 3.05) is 0 Å². The molecule has 0 atom stereocenters. The standard InChI is InChI=1S/C24H16N2O4S2/c27-25(28)21-15-7-13-19(23(21)31-17-9-3-1-4-10-17)20-14-8-16-22(26(29)30)24(20)32-18-11-5-2-6-12-18/h1-16H. The lowest BCUT2D eigenvalue weighted by Crippen LogP contribution is -1.97. The summed E-state index contributed by atoms with van der Waals surface area (Å²) in [5.41, 5.74) is 1.07. The summed E-state index contributed by atoms with van der Waals surface area (Å²) in [5, 5.41) is 23.7. The van der Waals surface area contributed by atoms with Crippen LogP contribution in [0.5, 0.6) is 0 Å². The van der Waals surface area contributed by atoms with Crippen molar-refractivity contribution in [3.8, 4) is 11.1 Å². The van der Waals surface area contributed by atoms with Gasteiger partial charge in [-0.1, -0.05) is 84.2 Å². The zero-order valence-electron chi connectivity index (χ0n) is 16.6. The molecular weight excluding hydrogens is 444 g/mol. The molecule has 0 bridgehead atoms. The fourth-order valence-electron chi connectivity index (χ4n) is 3.19. The van der Waals surface area contributed by atoms with Gasteiger partial charge in [-0.3, -0.25) is 20.2 Å². The third-order valence-electron chi connectivity index (χ3n) is 4.60. The summed E-state index contributed by atoms with van der Waals surface area (Å²) in [5.74, 6) is 0. The average molecular weight is 461 g/mol. The summed E-state index contributed by atoms with van der Waals surface area (Å²) in [6.07, 6.45) is 0. The van der Waals surface area contributed by atoms with Crippen molar-refractivity contribution in [1.29, 1.82) is 0 Å². The summed E-state index contributed by atoms with van der Waals surface area (Å²) in [6.45, 7) is 0. The molecule has 0 saturated heterocycles. The maximum Gasteiger partial charge on any atom is 0.283 e. The van der Waals surface area contributed by atoms with Crippen LogP contribution in [-0.2, 0) is 0 Å². The van der Waals surface area contributed by atoms with Gasteiger partial charge in [-0.15, -0.1) is 0 Å². The van der Waals surface area contributed by atoms with Gasteiger partial charge in [0.25, 0.3) is 11.4 Å². The Kier molecular flexibility index (Phi) is 6.53. The molecule has 4 aromatic carbocycles. The Morgan fingerprint density at radius 2 is 0.875 bits per heavy atom. The molecule has 0 spiro atoms. The minimum atomic E-state index is -0.420. The number of nitrogens with zero attached hydrogens (tertiary/aromatic N) is 2. The molecule has 4 rings (SSSR count). The second-order valence-electron chi connectivity index (χ2n) is 6.65. The summed E-state index contributed by atoms with van der Waals surface area (Å²) in [4.78, 5) is 25.4. The molecule has 0 aromatic heterocycles. The van der Waals surface area contributed by atoms with Gasteiger partial charge in [-0.25, -0.2) is 0 Å². The number of benzene rings is 4. The van der Waals surface area contributed by atoms with Gasteiger partial charge in [-0.05, 0) is 24.3 Å². The molecule has 158 valence electrons. The maximum absolute atomic E-state index is 11.8. The molecule has 6 nitrogen and oxygen atoms in total. The molecule has 0 saturated carbocycles. The molecular formula is C24H16N2O4S2. The van der Waals surface area contributed by atoms with Gasteiger partial charge in [0.1, 0.15) is 0 Å². The van der Waals surface area contributed by atoms with Crippen LogP contribution >= 0.6 is 23.5 Å². The molecule has 32 heavy (non-hydrogen) atoms. The fraction of sp³-hybridized carbons (Fsp3) is 0. The van der Waals surface area contributed by atoms with Gasteiger partial charge in [0.05, 0.1) is 19.6 Å². The van der Waals surface area contributed by atoms with E-state index in [4.69, 9.17) is 0 Å². The zero-order valence-corrected chi connectivity index (χ0v) is 18.2. The van der Waals surface area contributed by atoms with E-state index in [0.717, 1.165) is 9.79 Å². The van der Waals surface area contributed by atoms with Crippen molar-refractivity contribution < 1.29 is 9.85 Å². The van der Waals surface area contributed by atoms with Crippen LogP contribution in [-0.4, -0.2) is 9.85 Å². The van der Waals surface area contributed by atoms with E-state index in [1.165, 1.54) is 35.7 Å². The maximum atomic E-state index is 11.8. The lowest BCUT2D eigenvalue weighted by molar-refractivity contribution is -0.388. The van der Waals surface area contributed by atoms with E-state index in [9.17, 15) is 20.2 Å². The molecule has 0 heterocycles. The molecule has 0 aliphatic carbocycles. The number of nitro benzene ring substituents is 2. The van der Waals surface area contributed by atoms with Gasteiger partial charge in [0.15, 0.2) is 0 Å². The molecule has 0 N–H and O–H groups in total. The summed E-state index contributed by atoms with van der Waals surface area (Å²) in [7, 11) is 0. The number of nitro groups is 2. The normalized spacial score (nSPS) is 10.6. The smallest absolute Gasteiger partial charge is 0.258 e. The van der Waals surface area contributed by atoms with E-state index in [2.05, 4.69) is 0 Å². The number of hydrogen-bond donors (Lipinski definition) is 0. The first kappa shape index (κ1) is 21.6. The summed E-state index contributed by atoms with van der Waals surface area (Å²) < 4.78 is 0. The Hall–Kier alpha value is -3.62. The lowest BCUT2D eigenvalue weighted by atomic mass is 10.0. The minimum Gasteiger partial charge on any atom is -0.258 e. The van der Waals surface area contributed by atoms with Crippen molar-refractivity contribution in [3.05, 3.63) is 117 Å². The van der Waals surface area contributed by atoms with E-state index in [1.807, 2.05) is 60.7 Å². The molecule has 0 radical (unpaired) electrons. The van der Waals surface area contributed by atoms with Crippen LogP contribution in [0.1, 0.15) is 0 Å². The Morgan fingerprint density at radius 1 is 0.500 bits per heavy atom. The van der Waals surface area contributed by atoms with Crippen molar-refractivity contribution in [3.63, 3.8) is 0 Å². The van der Waals surface area contributed by atoms with E-state index in [1.54, 1.807) is 24.3 Å². The van der Waals surface area contributed by atoms with Crippen LogP contribution in [0.3, 0.4) is 0 Å². The van der Waals surface area contributed by atoms with Crippen LogP contribution in [0, 0.1) is 20.2 Å². The molecule has 0 aliphatic rings. The topological polar surface area (TPSA) is 86.3 Å². The average Bonchev–Trinajstić information content (AvgIpc) is 2.80. The monoisotopic (exact) mass is 460 g/mol. The van der Waals surface area contributed by atoms with Gasteiger partial charge >= 0.3 is 0 Å². The van der Waals surface area contributed by atoms with Crippen molar-refractivity contribution in [1.82, 2.24) is 0 Å². The van der Waals surface area contributed by atoms with Crippen molar-refractivity contribution in [2.45, 2.75) is 19.6 Å². The Morgan fingerprint density at radius 3 is 1.22 bits per heavy atom. The minimum absolute atomic E-state index is 0.0430. The molecule has 0 amide bonds. The first-order valence-electron chi connectivity index (χ1n) is 9.55. The number of rotatable bonds is 7. The van der Waals surface area contributed by atoms with Gasteiger partial charge in [0, 0.05) is 33.1 Å². The molecule has 4 aromatic rings. The van der Waals surface area contributed by atoms with Crippen LogP contribution in [0.25, 0.3) is 11.1 Å². The highest BCUT2D eigenvalue weighted by Gasteiger charge is 2.25. The van der Waals surface area contributed by atoms with Crippen LogP contribution in [0.2, 0.25) is 0 Å². The Labute approximate surface area is 192 Å². The third-order valence-corrected chi connectivity index (χ3v) is 6.88. The summed E-state index contributed by atoms with van der Waals surface area (Å²) in [6, 6.07) is 28.4. The zero-order chi connectivity index (χ0) is 22.5.